The number of nitrogens with zero attached hydrogens (tertiary/aromatic N) is 1. The number of primary amides is 1. The van der Waals surface area contributed by atoms with Gasteiger partial charge >= 0.3 is 0 Å². The highest BCUT2D eigenvalue weighted by molar-refractivity contribution is 7.14. The Morgan fingerprint density at radius 1 is 1.17 bits per heavy atom. The summed E-state index contributed by atoms with van der Waals surface area (Å²) in [7, 11) is 0. The predicted molar refractivity (Wildman–Crippen MR) is 113 cm³/mol. The molecule has 5 N–H and O–H groups in total. The minimum absolute atomic E-state index is 0.189. The summed E-state index contributed by atoms with van der Waals surface area (Å²) in [6.07, 6.45) is 6.20. The summed E-state index contributed by atoms with van der Waals surface area (Å²) in [5.41, 5.74) is 11.3. The van der Waals surface area contributed by atoms with Crippen LogP contribution in [0.4, 0.5) is 5.13 Å². The van der Waals surface area contributed by atoms with Crippen molar-refractivity contribution in [2.75, 3.05) is 5.32 Å². The number of carbonyl (C=O) groups excluding carboxylic acids is 2. The number of amides is 2. The van der Waals surface area contributed by atoms with Crippen molar-refractivity contribution in [1.29, 1.82) is 0 Å². The number of benzene rings is 1. The number of anilines is 1. The van der Waals surface area contributed by atoms with E-state index in [1.807, 2.05) is 23.6 Å². The Morgan fingerprint density at radius 3 is 2.86 bits per heavy atom. The number of thiazole rings is 1. The molecule has 0 spiro atoms. The summed E-state index contributed by atoms with van der Waals surface area (Å²) in [5.74, 6) is -0.715. The van der Waals surface area contributed by atoms with Crippen LogP contribution in [-0.2, 0) is 12.8 Å². The fourth-order valence-electron chi connectivity index (χ4n) is 3.86. The number of hydrogen-bond acceptors (Lipinski definition) is 4. The maximum atomic E-state index is 12.8. The molecule has 7 nitrogen and oxygen atoms in total. The number of nitrogens with two attached hydrogens (primary N) is 1. The smallest absolute Gasteiger partial charge is 0.265 e. The van der Waals surface area contributed by atoms with Gasteiger partial charge in [-0.15, -0.1) is 11.3 Å². The SMILES string of the molecule is NC(=O)c1cc(-c2csc(NC(=O)c3ccc4[nH]c5c(c4c3)CCCC5)n2)c[nH]1. The molecule has 1 aliphatic rings. The number of nitrogens with one attached hydrogen (secondary N) is 3. The number of aryl methyl sites for hydroxylation is 2. The van der Waals surface area contributed by atoms with Crippen LogP contribution in [0.1, 0.15) is 44.9 Å². The lowest BCUT2D eigenvalue weighted by Gasteiger charge is -2.10. The summed E-state index contributed by atoms with van der Waals surface area (Å²) in [6.45, 7) is 0. The van der Waals surface area contributed by atoms with E-state index in [1.165, 1.54) is 35.4 Å². The summed E-state index contributed by atoms with van der Waals surface area (Å²) in [6, 6.07) is 7.41. The van der Waals surface area contributed by atoms with E-state index in [9.17, 15) is 9.59 Å². The number of H-pyrrole nitrogens is 2. The van der Waals surface area contributed by atoms with Gasteiger partial charge in [0, 0.05) is 39.3 Å². The van der Waals surface area contributed by atoms with E-state index >= 15 is 0 Å². The predicted octanol–water partition coefficient (Wildman–Crippen LogP) is 3.85. The third kappa shape index (κ3) is 3.21. The monoisotopic (exact) mass is 405 g/mol. The van der Waals surface area contributed by atoms with Gasteiger partial charge in [0.05, 0.1) is 5.69 Å². The standard InChI is InChI=1S/C21H19N5O2S/c22-19(27)17-8-12(9-23-17)18-10-29-21(25-18)26-20(28)11-5-6-16-14(7-11)13-3-1-2-4-15(13)24-16/h5-10,23-24H,1-4H2,(H2,22,27)(H,25,26,28). The Hall–Kier alpha value is -3.39. The molecular formula is C21H19N5O2S. The Kier molecular flexibility index (Phi) is 4.21. The van der Waals surface area contributed by atoms with Crippen LogP contribution in [-0.4, -0.2) is 26.8 Å². The van der Waals surface area contributed by atoms with Crippen LogP contribution in [0.5, 0.6) is 0 Å². The van der Waals surface area contributed by atoms with Crippen molar-refractivity contribution in [3.63, 3.8) is 0 Å². The van der Waals surface area contributed by atoms with Gasteiger partial charge in [-0.05, 0) is 55.5 Å². The maximum absolute atomic E-state index is 12.8. The first-order valence-electron chi connectivity index (χ1n) is 9.47. The zero-order valence-electron chi connectivity index (χ0n) is 15.5. The molecule has 0 fully saturated rings. The molecule has 0 bridgehead atoms. The molecule has 0 radical (unpaired) electrons. The number of carbonyl (C=O) groups is 2. The van der Waals surface area contributed by atoms with Crippen LogP contribution in [0, 0.1) is 0 Å². The van der Waals surface area contributed by atoms with Gasteiger partial charge in [0.1, 0.15) is 5.69 Å². The van der Waals surface area contributed by atoms with E-state index in [1.54, 1.807) is 12.3 Å². The van der Waals surface area contributed by atoms with Crippen molar-refractivity contribution in [3.8, 4) is 11.3 Å². The second kappa shape index (κ2) is 6.89. The van der Waals surface area contributed by atoms with Gasteiger partial charge in [-0.2, -0.15) is 0 Å². The Bertz CT molecular complexity index is 1250. The van der Waals surface area contributed by atoms with Crippen molar-refractivity contribution >= 4 is 39.2 Å². The molecule has 3 aromatic heterocycles. The topological polar surface area (TPSA) is 117 Å². The minimum Gasteiger partial charge on any atom is -0.364 e. The van der Waals surface area contributed by atoms with Crippen molar-refractivity contribution in [2.45, 2.75) is 25.7 Å². The first-order valence-corrected chi connectivity index (χ1v) is 10.4. The van der Waals surface area contributed by atoms with Crippen molar-refractivity contribution in [2.24, 2.45) is 5.73 Å². The van der Waals surface area contributed by atoms with E-state index in [2.05, 4.69) is 20.3 Å². The summed E-state index contributed by atoms with van der Waals surface area (Å²) in [5, 5.41) is 6.34. The molecule has 8 heteroatoms. The lowest BCUT2D eigenvalue weighted by atomic mass is 9.95. The van der Waals surface area contributed by atoms with E-state index in [4.69, 9.17) is 5.73 Å². The molecule has 1 aromatic carbocycles. The van der Waals surface area contributed by atoms with Crippen LogP contribution in [0.3, 0.4) is 0 Å². The van der Waals surface area contributed by atoms with E-state index in [0.717, 1.165) is 29.3 Å². The third-order valence-corrected chi connectivity index (χ3v) is 6.09. The molecule has 4 aromatic rings. The molecule has 5 rings (SSSR count). The largest absolute Gasteiger partial charge is 0.364 e. The number of rotatable bonds is 4. The molecule has 2 amide bonds. The van der Waals surface area contributed by atoms with E-state index in [-0.39, 0.29) is 5.91 Å². The molecule has 0 saturated carbocycles. The van der Waals surface area contributed by atoms with Gasteiger partial charge in [-0.1, -0.05) is 0 Å². The molecular weight excluding hydrogens is 386 g/mol. The minimum atomic E-state index is -0.526. The molecule has 0 saturated heterocycles. The van der Waals surface area contributed by atoms with Gasteiger partial charge in [0.25, 0.3) is 11.8 Å². The van der Waals surface area contributed by atoms with Crippen LogP contribution in [0.2, 0.25) is 0 Å². The molecule has 29 heavy (non-hydrogen) atoms. The van der Waals surface area contributed by atoms with Gasteiger partial charge in [0.15, 0.2) is 5.13 Å². The van der Waals surface area contributed by atoms with Crippen molar-refractivity contribution in [1.82, 2.24) is 15.0 Å². The zero-order chi connectivity index (χ0) is 20.0. The lowest BCUT2D eigenvalue weighted by molar-refractivity contribution is 0.0994. The molecule has 1 aliphatic carbocycles. The fraction of sp³-hybridized carbons (Fsp3) is 0.190. The third-order valence-electron chi connectivity index (χ3n) is 5.33. The quantitative estimate of drug-likeness (QED) is 0.413. The van der Waals surface area contributed by atoms with Crippen LogP contribution < -0.4 is 11.1 Å². The summed E-state index contributed by atoms with van der Waals surface area (Å²) < 4.78 is 0. The van der Waals surface area contributed by atoms with Crippen LogP contribution >= 0.6 is 11.3 Å². The Labute approximate surface area is 170 Å². The average Bonchev–Trinajstić information content (AvgIpc) is 3.45. The molecule has 0 atom stereocenters. The Balaban J connectivity index is 1.37. The van der Waals surface area contributed by atoms with Crippen LogP contribution in [0.25, 0.3) is 22.2 Å². The van der Waals surface area contributed by atoms with Crippen molar-refractivity contribution < 1.29 is 9.59 Å². The van der Waals surface area contributed by atoms with E-state index < -0.39 is 5.91 Å². The van der Waals surface area contributed by atoms with Crippen LogP contribution in [0.15, 0.2) is 35.8 Å². The highest BCUT2D eigenvalue weighted by Crippen LogP contribution is 2.30. The first-order chi connectivity index (χ1) is 14.1. The van der Waals surface area contributed by atoms with Gasteiger partial charge < -0.3 is 15.7 Å². The van der Waals surface area contributed by atoms with E-state index in [0.29, 0.717) is 22.1 Å². The number of aromatic nitrogens is 3. The lowest BCUT2D eigenvalue weighted by Crippen LogP contribution is -2.11. The normalized spacial score (nSPS) is 13.4. The second-order valence-electron chi connectivity index (χ2n) is 7.21. The number of fused-ring (bicyclic) bond motifs is 3. The average molecular weight is 405 g/mol. The van der Waals surface area contributed by atoms with Gasteiger partial charge in [0.2, 0.25) is 0 Å². The summed E-state index contributed by atoms with van der Waals surface area (Å²) >= 11 is 1.33. The second-order valence-corrected chi connectivity index (χ2v) is 8.07. The van der Waals surface area contributed by atoms with Crippen molar-refractivity contribution in [3.05, 3.63) is 58.4 Å². The number of aromatic amines is 2. The summed E-state index contributed by atoms with van der Waals surface area (Å²) in [4.78, 5) is 34.7. The molecule has 146 valence electrons. The molecule has 3 heterocycles. The fourth-order valence-corrected chi connectivity index (χ4v) is 4.58. The highest BCUT2D eigenvalue weighted by Gasteiger charge is 2.17. The van der Waals surface area contributed by atoms with Gasteiger partial charge in [-0.25, -0.2) is 4.98 Å². The van der Waals surface area contributed by atoms with Gasteiger partial charge in [-0.3, -0.25) is 14.9 Å². The number of hydrogen-bond donors (Lipinski definition) is 4. The molecule has 0 unspecified atom stereocenters. The molecule has 0 aliphatic heterocycles. The first kappa shape index (κ1) is 17.7. The Morgan fingerprint density at radius 2 is 2.03 bits per heavy atom. The highest BCUT2D eigenvalue weighted by atomic mass is 32.1. The maximum Gasteiger partial charge on any atom is 0.265 e. The zero-order valence-corrected chi connectivity index (χ0v) is 16.4.